The van der Waals surface area contributed by atoms with Crippen LogP contribution >= 0.6 is 11.3 Å². The lowest BCUT2D eigenvalue weighted by Gasteiger charge is -2.05. The molecule has 4 aromatic heterocycles. The highest BCUT2D eigenvalue weighted by Crippen LogP contribution is 2.20. The van der Waals surface area contributed by atoms with Crippen molar-refractivity contribution in [2.75, 3.05) is 0 Å². The topological polar surface area (TPSA) is 85.1 Å². The first kappa shape index (κ1) is 14.5. The van der Waals surface area contributed by atoms with E-state index in [1.165, 1.54) is 12.4 Å². The van der Waals surface area contributed by atoms with Crippen LogP contribution in [0.4, 0.5) is 0 Å². The van der Waals surface area contributed by atoms with Crippen molar-refractivity contribution in [1.29, 1.82) is 0 Å². The van der Waals surface area contributed by atoms with Gasteiger partial charge in [0.1, 0.15) is 0 Å². The van der Waals surface area contributed by atoms with Crippen LogP contribution in [0.3, 0.4) is 0 Å². The van der Waals surface area contributed by atoms with Crippen molar-refractivity contribution in [3.05, 3.63) is 66.0 Å². The maximum absolute atomic E-state index is 12.2. The van der Waals surface area contributed by atoms with Crippen LogP contribution < -0.4 is 5.32 Å². The van der Waals surface area contributed by atoms with Crippen LogP contribution in [0.1, 0.15) is 16.1 Å². The fraction of sp³-hybridized carbons (Fsp3) is 0.0625. The van der Waals surface area contributed by atoms with Crippen LogP contribution in [0.5, 0.6) is 0 Å². The van der Waals surface area contributed by atoms with Gasteiger partial charge in [-0.15, -0.1) is 11.3 Å². The van der Waals surface area contributed by atoms with Gasteiger partial charge >= 0.3 is 0 Å². The fourth-order valence-corrected chi connectivity index (χ4v) is 2.95. The number of nitrogens with one attached hydrogen (secondary N) is 1. The predicted octanol–water partition coefficient (Wildman–Crippen LogP) is 2.18. The molecule has 24 heavy (non-hydrogen) atoms. The molecule has 0 unspecified atom stereocenters. The Balaban J connectivity index is 1.46. The van der Waals surface area contributed by atoms with Gasteiger partial charge in [0.15, 0.2) is 11.5 Å². The lowest BCUT2D eigenvalue weighted by atomic mass is 10.3. The summed E-state index contributed by atoms with van der Waals surface area (Å²) in [6, 6.07) is 3.88. The molecule has 0 fully saturated rings. The number of thiophene rings is 1. The van der Waals surface area contributed by atoms with Gasteiger partial charge in [-0.3, -0.25) is 14.2 Å². The maximum Gasteiger partial charge on any atom is 0.254 e. The Hall–Kier alpha value is -3.13. The van der Waals surface area contributed by atoms with Crippen LogP contribution in [-0.4, -0.2) is 30.2 Å². The van der Waals surface area contributed by atoms with Gasteiger partial charge < -0.3 is 5.32 Å². The smallest absolute Gasteiger partial charge is 0.254 e. The molecule has 0 saturated heterocycles. The third-order valence-corrected chi connectivity index (χ3v) is 4.35. The Bertz CT molecular complexity index is 977. The first-order valence-corrected chi connectivity index (χ1v) is 8.09. The van der Waals surface area contributed by atoms with E-state index in [1.54, 1.807) is 29.9 Å². The van der Waals surface area contributed by atoms with Gasteiger partial charge in [-0.2, -0.15) is 0 Å². The second kappa shape index (κ2) is 6.17. The molecule has 0 aliphatic rings. The van der Waals surface area contributed by atoms with Crippen molar-refractivity contribution in [1.82, 2.24) is 29.7 Å². The van der Waals surface area contributed by atoms with E-state index in [2.05, 4.69) is 25.3 Å². The predicted molar refractivity (Wildman–Crippen MR) is 89.5 cm³/mol. The average Bonchev–Trinajstić information content (AvgIpc) is 3.30. The molecule has 0 atom stereocenters. The monoisotopic (exact) mass is 336 g/mol. The van der Waals surface area contributed by atoms with Gasteiger partial charge in [0.2, 0.25) is 0 Å². The number of fused-ring (bicyclic) bond motifs is 1. The van der Waals surface area contributed by atoms with Crippen LogP contribution in [0.15, 0.2) is 54.7 Å². The van der Waals surface area contributed by atoms with Gasteiger partial charge in [0.25, 0.3) is 5.91 Å². The quantitative estimate of drug-likeness (QED) is 0.617. The molecule has 0 aliphatic carbocycles. The number of aromatic nitrogens is 5. The third kappa shape index (κ3) is 2.74. The highest BCUT2D eigenvalue weighted by Gasteiger charge is 2.10. The number of nitrogens with zero attached hydrogens (tertiary/aromatic N) is 5. The molecule has 0 radical (unpaired) electrons. The minimum Gasteiger partial charge on any atom is -0.346 e. The summed E-state index contributed by atoms with van der Waals surface area (Å²) in [5, 5.41) is 4.81. The van der Waals surface area contributed by atoms with Crippen molar-refractivity contribution >= 4 is 22.9 Å². The molecular weight excluding hydrogens is 324 g/mol. The molecule has 7 nitrogen and oxygen atoms in total. The highest BCUT2D eigenvalue weighted by atomic mass is 32.1. The largest absolute Gasteiger partial charge is 0.346 e. The molecule has 1 N–H and O–H groups in total. The van der Waals surface area contributed by atoms with Crippen molar-refractivity contribution in [3.63, 3.8) is 0 Å². The Kier molecular flexibility index (Phi) is 3.72. The van der Waals surface area contributed by atoms with Gasteiger partial charge in [0.05, 0.1) is 35.1 Å². The van der Waals surface area contributed by atoms with E-state index >= 15 is 0 Å². The van der Waals surface area contributed by atoms with Crippen molar-refractivity contribution < 1.29 is 4.79 Å². The van der Waals surface area contributed by atoms with Crippen molar-refractivity contribution in [2.45, 2.75) is 6.54 Å². The molecule has 4 heterocycles. The number of imidazole rings is 1. The number of rotatable bonds is 4. The fourth-order valence-electron chi connectivity index (χ4n) is 2.28. The molecule has 0 spiro atoms. The Morgan fingerprint density at radius 1 is 1.17 bits per heavy atom. The molecule has 0 bridgehead atoms. The van der Waals surface area contributed by atoms with Gasteiger partial charge in [-0.05, 0) is 11.4 Å². The number of carbonyl (C=O) groups is 1. The molecule has 0 aromatic carbocycles. The molecule has 4 rings (SSSR count). The summed E-state index contributed by atoms with van der Waals surface area (Å²) in [5.74, 6) is 0.396. The zero-order valence-corrected chi connectivity index (χ0v) is 13.3. The SMILES string of the molecule is O=C(NCc1cnc2cnccn12)c1cnc(-c2cccs2)nc1. The second-order valence-electron chi connectivity index (χ2n) is 5.01. The van der Waals surface area contributed by atoms with E-state index in [-0.39, 0.29) is 5.91 Å². The normalized spacial score (nSPS) is 10.8. The lowest BCUT2D eigenvalue weighted by molar-refractivity contribution is 0.0949. The summed E-state index contributed by atoms with van der Waals surface area (Å²) in [5.41, 5.74) is 2.04. The Labute approximate surface area is 141 Å². The van der Waals surface area contributed by atoms with Crippen LogP contribution in [0.25, 0.3) is 16.3 Å². The zero-order chi connectivity index (χ0) is 16.4. The van der Waals surface area contributed by atoms with Gasteiger partial charge in [0, 0.05) is 24.8 Å². The van der Waals surface area contributed by atoms with Crippen LogP contribution in [-0.2, 0) is 6.54 Å². The molecule has 0 saturated carbocycles. The summed E-state index contributed by atoms with van der Waals surface area (Å²) in [6.07, 6.45) is 9.95. The van der Waals surface area contributed by atoms with E-state index in [1.807, 2.05) is 28.1 Å². The van der Waals surface area contributed by atoms with E-state index in [0.29, 0.717) is 17.9 Å². The van der Waals surface area contributed by atoms with Gasteiger partial charge in [-0.1, -0.05) is 6.07 Å². The summed E-state index contributed by atoms with van der Waals surface area (Å²) in [7, 11) is 0. The molecule has 4 aromatic rings. The van der Waals surface area contributed by atoms with E-state index in [0.717, 1.165) is 16.2 Å². The van der Waals surface area contributed by atoms with Crippen LogP contribution in [0.2, 0.25) is 0 Å². The standard InChI is InChI=1S/C16H12N6OS/c23-16(11-6-19-15(20-7-11)13-2-1-5-24-13)21-9-12-8-18-14-10-17-3-4-22(12)14/h1-8,10H,9H2,(H,21,23). The Morgan fingerprint density at radius 3 is 2.83 bits per heavy atom. The van der Waals surface area contributed by atoms with Crippen LogP contribution in [0, 0.1) is 0 Å². The average molecular weight is 336 g/mol. The number of amides is 1. The van der Waals surface area contributed by atoms with Crippen molar-refractivity contribution in [2.24, 2.45) is 0 Å². The third-order valence-electron chi connectivity index (χ3n) is 3.48. The number of hydrogen-bond acceptors (Lipinski definition) is 6. The molecule has 8 heteroatoms. The molecule has 118 valence electrons. The highest BCUT2D eigenvalue weighted by molar-refractivity contribution is 7.13. The van der Waals surface area contributed by atoms with E-state index in [4.69, 9.17) is 0 Å². The summed E-state index contributed by atoms with van der Waals surface area (Å²) in [4.78, 5) is 30.0. The first-order valence-electron chi connectivity index (χ1n) is 7.21. The van der Waals surface area contributed by atoms with E-state index in [9.17, 15) is 4.79 Å². The van der Waals surface area contributed by atoms with Gasteiger partial charge in [-0.25, -0.2) is 15.0 Å². The minimum absolute atomic E-state index is 0.225. The zero-order valence-electron chi connectivity index (χ0n) is 12.5. The molecule has 0 aliphatic heterocycles. The summed E-state index contributed by atoms with van der Waals surface area (Å²) in [6.45, 7) is 0.358. The van der Waals surface area contributed by atoms with E-state index < -0.39 is 0 Å². The molecular formula is C16H12N6OS. The summed E-state index contributed by atoms with van der Waals surface area (Å²) < 4.78 is 1.88. The summed E-state index contributed by atoms with van der Waals surface area (Å²) >= 11 is 1.56. The minimum atomic E-state index is -0.225. The molecule has 1 amide bonds. The number of carbonyl (C=O) groups excluding carboxylic acids is 1. The Morgan fingerprint density at radius 2 is 2.04 bits per heavy atom. The first-order chi connectivity index (χ1) is 11.8. The number of hydrogen-bond donors (Lipinski definition) is 1. The maximum atomic E-state index is 12.2. The lowest BCUT2D eigenvalue weighted by Crippen LogP contribution is -2.23. The second-order valence-corrected chi connectivity index (χ2v) is 5.96. The van der Waals surface area contributed by atoms with Crippen molar-refractivity contribution in [3.8, 4) is 10.7 Å².